The minimum atomic E-state index is -0.373. The molecule has 6 heteroatoms. The second kappa shape index (κ2) is 8.41. The molecule has 0 unspecified atom stereocenters. The van der Waals surface area contributed by atoms with Crippen LogP contribution in [0.1, 0.15) is 30.6 Å². The molecular formula is C16H20N4O2. The quantitative estimate of drug-likeness (QED) is 0.325. The summed E-state index contributed by atoms with van der Waals surface area (Å²) in [5.41, 5.74) is 9.98. The van der Waals surface area contributed by atoms with Crippen molar-refractivity contribution in [1.29, 1.82) is 0 Å². The fourth-order valence-electron chi connectivity index (χ4n) is 1.65. The summed E-state index contributed by atoms with van der Waals surface area (Å²) in [4.78, 5) is 15.7. The summed E-state index contributed by atoms with van der Waals surface area (Å²) in [6.45, 7) is 7.25. The van der Waals surface area contributed by atoms with Gasteiger partial charge < -0.3 is 10.8 Å². The van der Waals surface area contributed by atoms with Crippen LogP contribution < -0.4 is 11.2 Å². The van der Waals surface area contributed by atoms with Gasteiger partial charge in [-0.1, -0.05) is 13.5 Å². The van der Waals surface area contributed by atoms with Crippen molar-refractivity contribution < 1.29 is 9.90 Å². The maximum absolute atomic E-state index is 11.9. The molecular weight excluding hydrogens is 280 g/mol. The van der Waals surface area contributed by atoms with Crippen LogP contribution in [-0.2, 0) is 0 Å². The second-order valence-corrected chi connectivity index (χ2v) is 4.52. The van der Waals surface area contributed by atoms with Gasteiger partial charge in [0, 0.05) is 23.5 Å². The van der Waals surface area contributed by atoms with Crippen LogP contribution in [0.3, 0.4) is 0 Å². The summed E-state index contributed by atoms with van der Waals surface area (Å²) in [7, 11) is 0. The van der Waals surface area contributed by atoms with Gasteiger partial charge in [-0.2, -0.15) is 5.10 Å². The molecule has 0 spiro atoms. The lowest BCUT2D eigenvalue weighted by atomic mass is 10.0. The Bertz CT molecular complexity index is 631. The van der Waals surface area contributed by atoms with Gasteiger partial charge in [-0.25, -0.2) is 5.43 Å². The normalized spacial score (nSPS) is 12.9. The minimum Gasteiger partial charge on any atom is -0.507 e. The van der Waals surface area contributed by atoms with Crippen molar-refractivity contribution in [2.45, 2.75) is 20.3 Å². The number of rotatable bonds is 6. The van der Waals surface area contributed by atoms with Crippen LogP contribution in [0.25, 0.3) is 0 Å². The first kappa shape index (κ1) is 17.2. The van der Waals surface area contributed by atoms with E-state index >= 15 is 0 Å². The van der Waals surface area contributed by atoms with Gasteiger partial charge in [0.2, 0.25) is 0 Å². The third kappa shape index (κ3) is 4.59. The van der Waals surface area contributed by atoms with E-state index in [9.17, 15) is 9.90 Å². The summed E-state index contributed by atoms with van der Waals surface area (Å²) in [5.74, 6) is -0.386. The van der Waals surface area contributed by atoms with Gasteiger partial charge in [0.15, 0.2) is 0 Å². The van der Waals surface area contributed by atoms with E-state index in [4.69, 9.17) is 5.73 Å². The molecule has 4 N–H and O–H groups in total. The number of nitrogens with two attached hydrogens (primary N) is 1. The van der Waals surface area contributed by atoms with E-state index in [1.54, 1.807) is 19.1 Å². The number of hydrogen-bond donors (Lipinski definition) is 3. The van der Waals surface area contributed by atoms with Crippen molar-refractivity contribution in [1.82, 2.24) is 10.4 Å². The highest BCUT2D eigenvalue weighted by Crippen LogP contribution is 2.18. The molecule has 0 atom stereocenters. The molecule has 1 heterocycles. The molecule has 0 radical (unpaired) electrons. The van der Waals surface area contributed by atoms with Crippen LogP contribution >= 0.6 is 0 Å². The number of pyridine rings is 1. The summed E-state index contributed by atoms with van der Waals surface area (Å²) in [6, 6.07) is 3.15. The Labute approximate surface area is 129 Å². The largest absolute Gasteiger partial charge is 0.507 e. The van der Waals surface area contributed by atoms with E-state index in [1.807, 2.05) is 6.92 Å². The van der Waals surface area contributed by atoms with Crippen molar-refractivity contribution in [3.05, 3.63) is 65.3 Å². The third-order valence-electron chi connectivity index (χ3n) is 2.89. The third-order valence-corrected chi connectivity index (χ3v) is 2.89. The Morgan fingerprint density at radius 3 is 2.64 bits per heavy atom. The average Bonchev–Trinajstić information content (AvgIpc) is 2.54. The van der Waals surface area contributed by atoms with Crippen LogP contribution in [-0.4, -0.2) is 22.2 Å². The number of aromatic nitrogens is 1. The number of carbonyl (C=O) groups excluding carboxylic acids is 1. The van der Waals surface area contributed by atoms with Gasteiger partial charge in [-0.15, -0.1) is 0 Å². The molecule has 22 heavy (non-hydrogen) atoms. The Kier molecular flexibility index (Phi) is 6.56. The average molecular weight is 300 g/mol. The molecule has 116 valence electrons. The predicted octanol–water partition coefficient (Wildman–Crippen LogP) is 2.44. The standard InChI is InChI=1S/C16H20N4O2/c1-4-12(9-17)14(15(21)11(2)3)10-19-20-16(22)13-5-7-18-8-6-13/h5-10,21H,2,4,17H2,1,3H3,(H,20,22)/b12-9-,15-14+,19-10+. The van der Waals surface area contributed by atoms with Crippen LogP contribution in [0, 0.1) is 0 Å². The number of nitrogens with zero attached hydrogens (tertiary/aromatic N) is 2. The predicted molar refractivity (Wildman–Crippen MR) is 87.2 cm³/mol. The van der Waals surface area contributed by atoms with E-state index < -0.39 is 0 Å². The molecule has 0 aliphatic carbocycles. The summed E-state index contributed by atoms with van der Waals surface area (Å²) in [5, 5.41) is 13.9. The first-order chi connectivity index (χ1) is 10.5. The number of hydrazone groups is 1. The second-order valence-electron chi connectivity index (χ2n) is 4.52. The maximum atomic E-state index is 11.9. The lowest BCUT2D eigenvalue weighted by molar-refractivity contribution is 0.0955. The summed E-state index contributed by atoms with van der Waals surface area (Å²) < 4.78 is 0. The van der Waals surface area contributed by atoms with Gasteiger partial charge in [0.05, 0.1) is 6.21 Å². The van der Waals surface area contributed by atoms with E-state index in [2.05, 4.69) is 22.1 Å². The van der Waals surface area contributed by atoms with Crippen molar-refractivity contribution in [3.8, 4) is 0 Å². The Hall–Kier alpha value is -2.89. The molecule has 0 aliphatic rings. The number of nitrogens with one attached hydrogen (secondary N) is 1. The lowest BCUT2D eigenvalue weighted by Crippen LogP contribution is -2.18. The Morgan fingerprint density at radius 1 is 1.50 bits per heavy atom. The number of hydrogen-bond acceptors (Lipinski definition) is 5. The zero-order chi connectivity index (χ0) is 16.5. The molecule has 1 amide bonds. The molecule has 0 aliphatic heterocycles. The van der Waals surface area contributed by atoms with Crippen LogP contribution in [0.4, 0.5) is 0 Å². The van der Waals surface area contributed by atoms with Crippen molar-refractivity contribution in [2.24, 2.45) is 10.8 Å². The van der Waals surface area contributed by atoms with E-state index in [-0.39, 0.29) is 11.7 Å². The van der Waals surface area contributed by atoms with Gasteiger partial charge in [-0.3, -0.25) is 9.78 Å². The number of aliphatic hydroxyl groups is 1. The number of allylic oxidation sites excluding steroid dienone is 3. The molecule has 1 aromatic rings. The van der Waals surface area contributed by atoms with Gasteiger partial charge >= 0.3 is 0 Å². The van der Waals surface area contributed by atoms with E-state index in [1.165, 1.54) is 24.8 Å². The molecule has 0 fully saturated rings. The zero-order valence-electron chi connectivity index (χ0n) is 12.7. The fourth-order valence-corrected chi connectivity index (χ4v) is 1.65. The lowest BCUT2D eigenvalue weighted by Gasteiger charge is -2.09. The highest BCUT2D eigenvalue weighted by Gasteiger charge is 2.09. The van der Waals surface area contributed by atoms with Crippen LogP contribution in [0.2, 0.25) is 0 Å². The van der Waals surface area contributed by atoms with Gasteiger partial charge in [0.1, 0.15) is 5.76 Å². The smallest absolute Gasteiger partial charge is 0.271 e. The maximum Gasteiger partial charge on any atom is 0.271 e. The van der Waals surface area contributed by atoms with Crippen molar-refractivity contribution in [2.75, 3.05) is 0 Å². The van der Waals surface area contributed by atoms with Crippen LogP contribution in [0.15, 0.2) is 64.9 Å². The summed E-state index contributed by atoms with van der Waals surface area (Å²) >= 11 is 0. The molecule has 1 rings (SSSR count). The summed E-state index contributed by atoms with van der Waals surface area (Å²) in [6.07, 6.45) is 6.39. The molecule has 0 bridgehead atoms. The highest BCUT2D eigenvalue weighted by molar-refractivity contribution is 5.95. The van der Waals surface area contributed by atoms with Crippen molar-refractivity contribution in [3.63, 3.8) is 0 Å². The van der Waals surface area contributed by atoms with Crippen LogP contribution in [0.5, 0.6) is 0 Å². The highest BCUT2D eigenvalue weighted by atomic mass is 16.3. The molecule has 0 saturated heterocycles. The Balaban J connectivity index is 2.94. The minimum absolute atomic E-state index is 0.0135. The number of carbonyl (C=O) groups is 1. The first-order valence-electron chi connectivity index (χ1n) is 6.74. The Morgan fingerprint density at radius 2 is 2.14 bits per heavy atom. The first-order valence-corrected chi connectivity index (χ1v) is 6.74. The van der Waals surface area contributed by atoms with Gasteiger partial charge in [0.25, 0.3) is 5.91 Å². The molecule has 0 aromatic carbocycles. The topological polar surface area (TPSA) is 101 Å². The molecule has 0 saturated carbocycles. The molecule has 6 nitrogen and oxygen atoms in total. The van der Waals surface area contributed by atoms with E-state index in [0.29, 0.717) is 28.7 Å². The van der Waals surface area contributed by atoms with Crippen molar-refractivity contribution >= 4 is 12.1 Å². The fraction of sp³-hybridized carbons (Fsp3) is 0.188. The zero-order valence-corrected chi connectivity index (χ0v) is 12.7. The SMILES string of the molecule is C=C(C)/C(O)=C(/C=N/NC(=O)c1ccncc1)C(=C/N)\CC. The number of aliphatic hydroxyl groups excluding tert-OH is 1. The monoisotopic (exact) mass is 300 g/mol. The number of amides is 1. The van der Waals surface area contributed by atoms with Gasteiger partial charge in [-0.05, 0) is 42.8 Å². The van der Waals surface area contributed by atoms with E-state index in [0.717, 1.165) is 0 Å². The molecule has 1 aromatic heterocycles.